The molecule has 3 nitrogen and oxygen atoms in total. The Kier molecular flexibility index (Phi) is 4.53. The van der Waals surface area contributed by atoms with Gasteiger partial charge in [-0.2, -0.15) is 0 Å². The van der Waals surface area contributed by atoms with Crippen molar-refractivity contribution in [1.29, 1.82) is 0 Å². The maximum absolute atomic E-state index is 11.6. The Morgan fingerprint density at radius 2 is 1.96 bits per heavy atom. The molecule has 0 heterocycles. The number of benzene rings is 2. The van der Waals surface area contributed by atoms with Crippen molar-refractivity contribution in [2.24, 2.45) is 0 Å². The third-order valence-electron chi connectivity index (χ3n) is 3.91. The van der Waals surface area contributed by atoms with Gasteiger partial charge in [0.1, 0.15) is 18.1 Å². The first-order chi connectivity index (χ1) is 11.1. The molecule has 0 unspecified atom stereocenters. The Bertz CT molecular complexity index is 776. The molecule has 1 aliphatic carbocycles. The van der Waals surface area contributed by atoms with Gasteiger partial charge in [0.15, 0.2) is 5.78 Å². The number of fused-ring (bicyclic) bond motifs is 1. The molecule has 23 heavy (non-hydrogen) atoms. The minimum absolute atomic E-state index is 0.0996. The quantitative estimate of drug-likeness (QED) is 0.771. The van der Waals surface area contributed by atoms with Gasteiger partial charge in [-0.25, -0.2) is 0 Å². The fraction of sp³-hybridized carbons (Fsp3) is 0.211. The molecular formula is C19H17BrO3. The summed E-state index contributed by atoms with van der Waals surface area (Å²) in [6, 6.07) is 11.8. The fourth-order valence-corrected chi connectivity index (χ4v) is 3.12. The number of carbonyl (C=O) groups is 1. The van der Waals surface area contributed by atoms with Crippen molar-refractivity contribution < 1.29 is 14.3 Å². The lowest BCUT2D eigenvalue weighted by atomic mass is 10.0. The molecule has 0 fully saturated rings. The molecule has 0 bridgehead atoms. The molecule has 4 heteroatoms. The normalized spacial score (nSPS) is 12.6. The molecule has 0 aliphatic heterocycles. The second-order valence-electron chi connectivity index (χ2n) is 5.45. The molecule has 0 atom stereocenters. The predicted octanol–water partition coefficient (Wildman–Crippen LogP) is 4.57. The molecule has 0 saturated carbocycles. The predicted molar refractivity (Wildman–Crippen MR) is 93.8 cm³/mol. The molecule has 2 aromatic rings. The van der Waals surface area contributed by atoms with Gasteiger partial charge in [-0.15, -0.1) is 0 Å². The second-order valence-corrected chi connectivity index (χ2v) is 6.31. The molecule has 3 rings (SSSR count). The zero-order valence-corrected chi connectivity index (χ0v) is 14.6. The summed E-state index contributed by atoms with van der Waals surface area (Å²) in [6.45, 7) is 2.08. The smallest absolute Gasteiger partial charge is 0.160 e. The summed E-state index contributed by atoms with van der Waals surface area (Å²) in [5.41, 5.74) is 3.99. The number of carbonyl (C=O) groups excluding carboxylic acids is 1. The Labute approximate surface area is 144 Å². The van der Waals surface area contributed by atoms with Crippen LogP contribution in [0, 0.1) is 0 Å². The van der Waals surface area contributed by atoms with Gasteiger partial charge < -0.3 is 9.47 Å². The van der Waals surface area contributed by atoms with Crippen molar-refractivity contribution in [3.05, 3.63) is 63.6 Å². The monoisotopic (exact) mass is 372 g/mol. The highest BCUT2D eigenvalue weighted by Gasteiger charge is 2.19. The number of rotatable bonds is 5. The lowest BCUT2D eigenvalue weighted by Gasteiger charge is -2.12. The highest BCUT2D eigenvalue weighted by atomic mass is 79.9. The largest absolute Gasteiger partial charge is 0.497 e. The third kappa shape index (κ3) is 3.32. The van der Waals surface area contributed by atoms with Gasteiger partial charge in [-0.05, 0) is 70.2 Å². The maximum Gasteiger partial charge on any atom is 0.160 e. The summed E-state index contributed by atoms with van der Waals surface area (Å²) in [4.78, 5) is 11.6. The summed E-state index contributed by atoms with van der Waals surface area (Å²) < 4.78 is 11.9. The average Bonchev–Trinajstić information content (AvgIpc) is 2.96. The summed E-state index contributed by atoms with van der Waals surface area (Å²) in [6.07, 6.45) is 2.75. The lowest BCUT2D eigenvalue weighted by molar-refractivity contribution is -0.111. The molecule has 118 valence electrons. The molecular weight excluding hydrogens is 356 g/mol. The zero-order valence-electron chi connectivity index (χ0n) is 13.1. The molecule has 0 amide bonds. The maximum atomic E-state index is 11.6. The van der Waals surface area contributed by atoms with Gasteiger partial charge >= 0.3 is 0 Å². The molecule has 2 aromatic carbocycles. The first-order valence-electron chi connectivity index (χ1n) is 7.38. The van der Waals surface area contributed by atoms with Crippen LogP contribution in [-0.2, 0) is 17.8 Å². The molecule has 0 saturated heterocycles. The molecule has 1 aliphatic rings. The van der Waals surface area contributed by atoms with Crippen molar-refractivity contribution in [3.8, 4) is 11.5 Å². The number of halogens is 1. The highest BCUT2D eigenvalue weighted by Crippen LogP contribution is 2.36. The van der Waals surface area contributed by atoms with Gasteiger partial charge in [-0.1, -0.05) is 18.2 Å². The number of allylic oxidation sites excluding steroid dienone is 2. The lowest BCUT2D eigenvalue weighted by Crippen LogP contribution is -1.99. The summed E-state index contributed by atoms with van der Waals surface area (Å²) in [5.74, 6) is 1.72. The van der Waals surface area contributed by atoms with Crippen LogP contribution in [0.15, 0.2) is 46.9 Å². The molecule has 0 spiro atoms. The van der Waals surface area contributed by atoms with Gasteiger partial charge in [-0.3, -0.25) is 4.79 Å². The van der Waals surface area contributed by atoms with E-state index in [2.05, 4.69) is 15.9 Å². The van der Waals surface area contributed by atoms with E-state index in [0.29, 0.717) is 6.61 Å². The van der Waals surface area contributed by atoms with Crippen LogP contribution >= 0.6 is 15.9 Å². The van der Waals surface area contributed by atoms with Gasteiger partial charge in [0.25, 0.3) is 0 Å². The summed E-state index contributed by atoms with van der Waals surface area (Å²) >= 11 is 3.54. The van der Waals surface area contributed by atoms with E-state index >= 15 is 0 Å². The average molecular weight is 373 g/mol. The van der Waals surface area contributed by atoms with E-state index in [9.17, 15) is 4.79 Å². The topological polar surface area (TPSA) is 35.5 Å². The molecule has 0 radical (unpaired) electrons. The van der Waals surface area contributed by atoms with Crippen molar-refractivity contribution in [2.45, 2.75) is 20.0 Å². The van der Waals surface area contributed by atoms with Crippen LogP contribution in [0.4, 0.5) is 0 Å². The van der Waals surface area contributed by atoms with E-state index in [1.807, 2.05) is 42.5 Å². The van der Waals surface area contributed by atoms with E-state index in [4.69, 9.17) is 9.47 Å². The minimum Gasteiger partial charge on any atom is -0.497 e. The molecule has 0 N–H and O–H groups in total. The first-order valence-corrected chi connectivity index (χ1v) is 8.17. The highest BCUT2D eigenvalue weighted by molar-refractivity contribution is 9.10. The van der Waals surface area contributed by atoms with Crippen LogP contribution in [0.5, 0.6) is 11.5 Å². The summed E-state index contributed by atoms with van der Waals surface area (Å²) in [5, 5.41) is 0. The Morgan fingerprint density at radius 3 is 2.61 bits per heavy atom. The standard InChI is InChI=1S/C19H17BrO3/c1-12(21)16-8-5-14-9-19(18(20)10-17(14)16)23-11-13-3-6-15(22-2)7-4-13/h3-4,6-10H,5,11H2,1-2H3. The van der Waals surface area contributed by atoms with Gasteiger partial charge in [0.05, 0.1) is 11.6 Å². The minimum atomic E-state index is 0.0996. The number of methoxy groups -OCH3 is 1. The van der Waals surface area contributed by atoms with E-state index in [-0.39, 0.29) is 5.78 Å². The van der Waals surface area contributed by atoms with E-state index in [1.165, 1.54) is 0 Å². The van der Waals surface area contributed by atoms with Crippen LogP contribution in [-0.4, -0.2) is 12.9 Å². The number of hydrogen-bond donors (Lipinski definition) is 0. The fourth-order valence-electron chi connectivity index (χ4n) is 2.66. The van der Waals surface area contributed by atoms with Crippen LogP contribution in [0.1, 0.15) is 23.6 Å². The van der Waals surface area contributed by atoms with Crippen molar-refractivity contribution in [2.75, 3.05) is 7.11 Å². The van der Waals surface area contributed by atoms with E-state index in [1.54, 1.807) is 14.0 Å². The SMILES string of the molecule is COc1ccc(COc2cc3c(cc2Br)C(C(C)=O)=CC3)cc1. The van der Waals surface area contributed by atoms with Gasteiger partial charge in [0, 0.05) is 5.57 Å². The van der Waals surface area contributed by atoms with Crippen LogP contribution < -0.4 is 9.47 Å². The third-order valence-corrected chi connectivity index (χ3v) is 4.53. The summed E-state index contributed by atoms with van der Waals surface area (Å²) in [7, 11) is 1.65. The Morgan fingerprint density at radius 1 is 1.22 bits per heavy atom. The number of hydrogen-bond acceptors (Lipinski definition) is 3. The number of ether oxygens (including phenoxy) is 2. The number of Topliss-reactive ketones (excluding diaryl/α,β-unsaturated/α-hetero) is 1. The van der Waals surface area contributed by atoms with Crippen molar-refractivity contribution in [3.63, 3.8) is 0 Å². The zero-order chi connectivity index (χ0) is 16.4. The van der Waals surface area contributed by atoms with Gasteiger partial charge in [0.2, 0.25) is 0 Å². The Balaban J connectivity index is 1.76. The number of ketones is 1. The van der Waals surface area contributed by atoms with E-state index in [0.717, 1.165) is 44.7 Å². The second kappa shape index (κ2) is 6.59. The molecule has 0 aromatic heterocycles. The van der Waals surface area contributed by atoms with Crippen LogP contribution in [0.25, 0.3) is 5.57 Å². The van der Waals surface area contributed by atoms with Crippen molar-refractivity contribution in [1.82, 2.24) is 0 Å². The Hall–Kier alpha value is -2.07. The van der Waals surface area contributed by atoms with E-state index < -0.39 is 0 Å². The van der Waals surface area contributed by atoms with Crippen molar-refractivity contribution >= 4 is 27.3 Å². The van der Waals surface area contributed by atoms with Crippen LogP contribution in [0.3, 0.4) is 0 Å². The first kappa shape index (κ1) is 15.8. The van der Waals surface area contributed by atoms with Crippen LogP contribution in [0.2, 0.25) is 0 Å².